The third-order valence-electron chi connectivity index (χ3n) is 12.9. The Balaban J connectivity index is 0.919. The van der Waals surface area contributed by atoms with Crippen molar-refractivity contribution < 1.29 is 19.5 Å². The molecule has 5 aliphatic rings. The van der Waals surface area contributed by atoms with Gasteiger partial charge in [0.05, 0.1) is 12.1 Å². The Morgan fingerprint density at radius 1 is 0.818 bits per heavy atom. The molecule has 4 heterocycles. The first-order valence-corrected chi connectivity index (χ1v) is 20.9. The van der Waals surface area contributed by atoms with E-state index >= 15 is 0 Å². The molecule has 3 aliphatic carbocycles. The Kier molecular flexibility index (Phi) is 12.1. The van der Waals surface area contributed by atoms with E-state index in [0.29, 0.717) is 18.5 Å². The lowest BCUT2D eigenvalue weighted by Crippen LogP contribution is -2.50. The van der Waals surface area contributed by atoms with Crippen LogP contribution in [0.5, 0.6) is 0 Å². The standard InChI is InChI=1S/C43H60N8O4/c1-5-49(6-2)33-21-19-32(20-22-33)41(52)50-23-7-9-36(50)39-44-25-34(46-39)30-15-11-28(12-16-30)29-13-17-31(18-14-29)35-26-45-40(47-35)37-10-8-24-51(37)42(53)38(27(3)4)48-43(54)55/h11-15,17,25-27,30-33,36-38,48H,5-10,16,18-24H2,1-4H3,(H,44,46)(H,45,47)(H,54,55)/t30?,31?,32-,33+,36-,37-,38-/m0/s1. The molecule has 4 N–H and O–H groups in total. The molecule has 7 rings (SSSR count). The van der Waals surface area contributed by atoms with Gasteiger partial charge in [-0.3, -0.25) is 9.59 Å². The molecule has 296 valence electrons. The van der Waals surface area contributed by atoms with Crippen LogP contribution >= 0.6 is 0 Å². The molecule has 2 unspecified atom stereocenters. The predicted octanol–water partition coefficient (Wildman–Crippen LogP) is 7.29. The first kappa shape index (κ1) is 38.8. The highest BCUT2D eigenvalue weighted by Gasteiger charge is 2.39. The number of rotatable bonds is 12. The number of aromatic nitrogens is 4. The number of allylic oxidation sites excluding steroid dienone is 8. The number of nitrogens with zero attached hydrogens (tertiary/aromatic N) is 5. The summed E-state index contributed by atoms with van der Waals surface area (Å²) in [6.07, 6.45) is 25.7. The lowest BCUT2D eigenvalue weighted by Gasteiger charge is -2.37. The van der Waals surface area contributed by atoms with Gasteiger partial charge in [0.1, 0.15) is 17.7 Å². The van der Waals surface area contributed by atoms with Crippen LogP contribution in [0, 0.1) is 11.8 Å². The maximum absolute atomic E-state index is 13.8. The molecule has 2 aliphatic heterocycles. The summed E-state index contributed by atoms with van der Waals surface area (Å²) >= 11 is 0. The summed E-state index contributed by atoms with van der Waals surface area (Å²) < 4.78 is 0. The van der Waals surface area contributed by atoms with E-state index in [9.17, 15) is 19.5 Å². The van der Waals surface area contributed by atoms with Crippen LogP contribution in [-0.4, -0.2) is 95.9 Å². The summed E-state index contributed by atoms with van der Waals surface area (Å²) in [5, 5.41) is 11.7. The summed E-state index contributed by atoms with van der Waals surface area (Å²) in [7, 11) is 0. The van der Waals surface area contributed by atoms with Gasteiger partial charge in [-0.25, -0.2) is 14.8 Å². The summed E-state index contributed by atoms with van der Waals surface area (Å²) in [6.45, 7) is 11.7. The summed E-state index contributed by atoms with van der Waals surface area (Å²) in [6, 6.07) is -0.330. The Hall–Kier alpha value is -4.45. The summed E-state index contributed by atoms with van der Waals surface area (Å²) in [5.41, 5.74) is 4.54. The average Bonchev–Trinajstić information content (AvgIpc) is 4.04. The smallest absolute Gasteiger partial charge is 0.405 e. The second-order valence-corrected chi connectivity index (χ2v) is 16.4. The molecule has 1 saturated carbocycles. The molecule has 3 amide bonds. The van der Waals surface area contributed by atoms with Gasteiger partial charge in [0.2, 0.25) is 11.8 Å². The van der Waals surface area contributed by atoms with Gasteiger partial charge < -0.3 is 35.1 Å². The van der Waals surface area contributed by atoms with Crippen LogP contribution in [0.3, 0.4) is 0 Å². The molecule has 55 heavy (non-hydrogen) atoms. The van der Waals surface area contributed by atoms with E-state index in [4.69, 9.17) is 9.97 Å². The first-order chi connectivity index (χ1) is 26.6. The number of amides is 3. The minimum atomic E-state index is -1.19. The van der Waals surface area contributed by atoms with Gasteiger partial charge in [-0.1, -0.05) is 64.2 Å². The van der Waals surface area contributed by atoms with Crippen LogP contribution in [0.2, 0.25) is 0 Å². The number of imidazole rings is 2. The third-order valence-corrected chi connectivity index (χ3v) is 12.9. The Morgan fingerprint density at radius 2 is 1.35 bits per heavy atom. The van der Waals surface area contributed by atoms with Gasteiger partial charge in [-0.05, 0) is 94.4 Å². The molecule has 2 saturated heterocycles. The molecule has 0 radical (unpaired) electrons. The molecule has 0 aromatic carbocycles. The lowest BCUT2D eigenvalue weighted by atomic mass is 9.84. The molecule has 12 heteroatoms. The number of H-pyrrole nitrogens is 2. The SMILES string of the molecule is CCN(CC)[C@H]1CC[C@@H](C(=O)N2CCC[C@H]2c2ncc(C3C=CC(C4=CCC(c5cnc([C@@H]6CCCN6C(=O)[C@@H](NC(=O)O)C(C)C)[nH]5)C=C4)=CC3)[nH]2)CC1. The lowest BCUT2D eigenvalue weighted by molar-refractivity contribution is -0.138. The van der Waals surface area contributed by atoms with E-state index in [1.165, 1.54) is 11.1 Å². The Morgan fingerprint density at radius 3 is 1.82 bits per heavy atom. The van der Waals surface area contributed by atoms with Gasteiger partial charge in [0, 0.05) is 60.7 Å². The Labute approximate surface area is 325 Å². The molecular weight excluding hydrogens is 693 g/mol. The van der Waals surface area contributed by atoms with E-state index in [-0.39, 0.29) is 41.7 Å². The second-order valence-electron chi connectivity index (χ2n) is 16.4. The molecule has 3 fully saturated rings. The molecule has 2 aromatic heterocycles. The zero-order chi connectivity index (χ0) is 38.6. The van der Waals surface area contributed by atoms with E-state index in [1.807, 2.05) is 26.2 Å². The number of nitrogens with one attached hydrogen (secondary N) is 3. The molecule has 12 nitrogen and oxygen atoms in total. The van der Waals surface area contributed by atoms with Crippen LogP contribution in [0.4, 0.5) is 4.79 Å². The van der Waals surface area contributed by atoms with Gasteiger partial charge in [0.15, 0.2) is 0 Å². The summed E-state index contributed by atoms with van der Waals surface area (Å²) in [5.74, 6) is 2.16. The van der Waals surface area contributed by atoms with Crippen molar-refractivity contribution in [1.29, 1.82) is 0 Å². The van der Waals surface area contributed by atoms with E-state index in [1.54, 1.807) is 4.90 Å². The van der Waals surface area contributed by atoms with Crippen molar-refractivity contribution in [3.63, 3.8) is 0 Å². The number of carboxylic acid groups (broad SMARTS) is 1. The molecular formula is C43H60N8O4. The number of likely N-dealkylation sites (tertiary alicyclic amines) is 2. The van der Waals surface area contributed by atoms with Gasteiger partial charge >= 0.3 is 6.09 Å². The average molecular weight is 753 g/mol. The van der Waals surface area contributed by atoms with Crippen LogP contribution in [0.1, 0.15) is 139 Å². The highest BCUT2D eigenvalue weighted by Crippen LogP contribution is 2.38. The van der Waals surface area contributed by atoms with E-state index in [0.717, 1.165) is 107 Å². The maximum Gasteiger partial charge on any atom is 0.405 e. The zero-order valence-corrected chi connectivity index (χ0v) is 33.0. The topological polar surface area (TPSA) is 151 Å². The largest absolute Gasteiger partial charge is 0.465 e. The van der Waals surface area contributed by atoms with Crippen molar-refractivity contribution in [2.75, 3.05) is 26.2 Å². The fraction of sp³-hybridized carbons (Fsp3) is 0.605. The quantitative estimate of drug-likeness (QED) is 0.178. The zero-order valence-electron chi connectivity index (χ0n) is 33.0. The van der Waals surface area contributed by atoms with Crippen LogP contribution in [-0.2, 0) is 9.59 Å². The fourth-order valence-electron chi connectivity index (χ4n) is 9.67. The maximum atomic E-state index is 13.8. The van der Waals surface area contributed by atoms with Crippen LogP contribution in [0.15, 0.2) is 60.0 Å². The van der Waals surface area contributed by atoms with E-state index in [2.05, 4.69) is 75.4 Å². The van der Waals surface area contributed by atoms with Crippen molar-refractivity contribution in [2.24, 2.45) is 11.8 Å². The summed E-state index contributed by atoms with van der Waals surface area (Å²) in [4.78, 5) is 61.6. The van der Waals surface area contributed by atoms with Gasteiger partial charge in [-0.15, -0.1) is 0 Å². The highest BCUT2D eigenvalue weighted by molar-refractivity contribution is 5.86. The first-order valence-electron chi connectivity index (χ1n) is 20.9. The minimum absolute atomic E-state index is 0.0369. The van der Waals surface area contributed by atoms with Gasteiger partial charge in [0.25, 0.3) is 0 Å². The fourth-order valence-corrected chi connectivity index (χ4v) is 9.67. The minimum Gasteiger partial charge on any atom is -0.465 e. The van der Waals surface area contributed by atoms with E-state index < -0.39 is 12.1 Å². The number of hydrogen-bond acceptors (Lipinski definition) is 6. The second kappa shape index (κ2) is 17.1. The highest BCUT2D eigenvalue weighted by atomic mass is 16.4. The normalized spacial score (nSPS) is 27.5. The van der Waals surface area contributed by atoms with Crippen molar-refractivity contribution in [3.8, 4) is 0 Å². The molecule has 0 bridgehead atoms. The van der Waals surface area contributed by atoms with Crippen molar-refractivity contribution in [3.05, 3.63) is 83.0 Å². The van der Waals surface area contributed by atoms with Crippen LogP contribution < -0.4 is 5.32 Å². The number of aromatic amines is 2. The van der Waals surface area contributed by atoms with Crippen LogP contribution in [0.25, 0.3) is 0 Å². The molecule has 0 spiro atoms. The molecule has 5 atom stereocenters. The van der Waals surface area contributed by atoms with Crippen molar-refractivity contribution in [2.45, 2.75) is 128 Å². The van der Waals surface area contributed by atoms with Gasteiger partial charge in [-0.2, -0.15) is 0 Å². The monoisotopic (exact) mass is 752 g/mol. The Bertz CT molecular complexity index is 1810. The number of hydrogen-bond donors (Lipinski definition) is 4. The predicted molar refractivity (Wildman–Crippen MR) is 212 cm³/mol. The van der Waals surface area contributed by atoms with Crippen molar-refractivity contribution >= 4 is 17.9 Å². The molecule has 2 aromatic rings. The van der Waals surface area contributed by atoms with Crippen molar-refractivity contribution in [1.82, 2.24) is 40.0 Å². The number of carbonyl (C=O) groups excluding carboxylic acids is 2. The number of carbonyl (C=O) groups is 3. The third kappa shape index (κ3) is 8.39.